The van der Waals surface area contributed by atoms with Crippen LogP contribution in [0.15, 0.2) is 24.3 Å². The van der Waals surface area contributed by atoms with Gasteiger partial charge < -0.3 is 9.80 Å². The van der Waals surface area contributed by atoms with Crippen LogP contribution in [0, 0.1) is 6.92 Å². The first-order valence-electron chi connectivity index (χ1n) is 11.1. The molecule has 6 nitrogen and oxygen atoms in total. The van der Waals surface area contributed by atoms with E-state index in [0.717, 1.165) is 23.8 Å². The number of hydrogen-bond donors (Lipinski definition) is 0. The molecule has 30 heavy (non-hydrogen) atoms. The summed E-state index contributed by atoms with van der Waals surface area (Å²) in [5.74, 6) is 0.681. The molecule has 2 aromatic rings. The number of benzene rings is 1. The summed E-state index contributed by atoms with van der Waals surface area (Å²) in [5.41, 5.74) is 1.81. The highest BCUT2D eigenvalue weighted by Crippen LogP contribution is 2.36. The van der Waals surface area contributed by atoms with Crippen LogP contribution >= 0.6 is 11.3 Å². The molecule has 1 aliphatic heterocycles. The lowest BCUT2D eigenvalue weighted by Crippen LogP contribution is -2.48. The molecule has 4 rings (SSSR count). The summed E-state index contributed by atoms with van der Waals surface area (Å²) in [6, 6.07) is 7.54. The topological polar surface area (TPSA) is 66.4 Å². The van der Waals surface area contributed by atoms with Crippen molar-refractivity contribution in [2.24, 2.45) is 0 Å². The monoisotopic (exact) mass is 426 g/mol. The Bertz CT molecular complexity index is 866. The number of piperazine rings is 1. The van der Waals surface area contributed by atoms with Crippen molar-refractivity contribution < 1.29 is 9.59 Å². The maximum atomic E-state index is 12.6. The highest BCUT2D eigenvalue weighted by atomic mass is 32.1. The molecule has 0 unspecified atom stereocenters. The van der Waals surface area contributed by atoms with Crippen molar-refractivity contribution in [1.29, 1.82) is 0 Å². The van der Waals surface area contributed by atoms with E-state index in [9.17, 15) is 9.59 Å². The second kappa shape index (κ2) is 9.69. The van der Waals surface area contributed by atoms with Gasteiger partial charge in [-0.25, -0.2) is 0 Å². The number of aromatic nitrogens is 2. The van der Waals surface area contributed by atoms with E-state index >= 15 is 0 Å². The second-order valence-corrected chi connectivity index (χ2v) is 9.40. The number of nitrogens with zero attached hydrogens (tertiary/aromatic N) is 4. The molecule has 1 saturated heterocycles. The largest absolute Gasteiger partial charge is 0.343 e. The molecule has 2 fully saturated rings. The van der Waals surface area contributed by atoms with Gasteiger partial charge in [0.15, 0.2) is 5.78 Å². The van der Waals surface area contributed by atoms with Gasteiger partial charge in [0.2, 0.25) is 11.0 Å². The SMILES string of the molecule is Cc1ccc(C(=O)CCC(=O)N2CCN(c3nnc(C4CCCCC4)s3)CC2)cc1. The minimum Gasteiger partial charge on any atom is -0.343 e. The molecule has 7 heteroatoms. The zero-order valence-corrected chi connectivity index (χ0v) is 18.5. The van der Waals surface area contributed by atoms with Crippen molar-refractivity contribution >= 4 is 28.2 Å². The summed E-state index contributed by atoms with van der Waals surface area (Å²) < 4.78 is 0. The Kier molecular flexibility index (Phi) is 6.77. The molecule has 1 aromatic carbocycles. The second-order valence-electron chi connectivity index (χ2n) is 8.41. The highest BCUT2D eigenvalue weighted by molar-refractivity contribution is 7.15. The van der Waals surface area contributed by atoms with Crippen LogP contribution in [0.2, 0.25) is 0 Å². The first kappa shape index (κ1) is 21.0. The summed E-state index contributed by atoms with van der Waals surface area (Å²) in [7, 11) is 0. The van der Waals surface area contributed by atoms with Crippen LogP contribution in [0.1, 0.15) is 71.8 Å². The van der Waals surface area contributed by atoms with Gasteiger partial charge in [-0.2, -0.15) is 0 Å². The Hall–Kier alpha value is -2.28. The lowest BCUT2D eigenvalue weighted by molar-refractivity contribution is -0.131. The summed E-state index contributed by atoms with van der Waals surface area (Å²) in [6.07, 6.45) is 6.95. The number of amides is 1. The Balaban J connectivity index is 1.24. The van der Waals surface area contributed by atoms with Crippen LogP contribution in [0.25, 0.3) is 0 Å². The molecule has 0 N–H and O–H groups in total. The first-order chi connectivity index (χ1) is 14.6. The summed E-state index contributed by atoms with van der Waals surface area (Å²) >= 11 is 1.72. The number of carbonyl (C=O) groups is 2. The third kappa shape index (κ3) is 5.06. The number of anilines is 1. The van der Waals surface area contributed by atoms with Crippen molar-refractivity contribution in [3.63, 3.8) is 0 Å². The van der Waals surface area contributed by atoms with Gasteiger partial charge in [-0.05, 0) is 19.8 Å². The minimum atomic E-state index is 0.0334. The Morgan fingerprint density at radius 1 is 0.967 bits per heavy atom. The van der Waals surface area contributed by atoms with Gasteiger partial charge in [0.05, 0.1) is 0 Å². The molecule has 2 heterocycles. The molecule has 160 valence electrons. The van der Waals surface area contributed by atoms with Gasteiger partial charge in [0.25, 0.3) is 0 Å². The van der Waals surface area contributed by atoms with Crippen molar-refractivity contribution in [3.8, 4) is 0 Å². The number of aryl methyl sites for hydroxylation is 1. The number of ketones is 1. The van der Waals surface area contributed by atoms with E-state index in [0.29, 0.717) is 24.6 Å². The fraction of sp³-hybridized carbons (Fsp3) is 0.565. The molecule has 0 spiro atoms. The molecular formula is C23H30N4O2S. The maximum Gasteiger partial charge on any atom is 0.223 e. The van der Waals surface area contributed by atoms with Crippen molar-refractivity contribution in [3.05, 3.63) is 40.4 Å². The van der Waals surface area contributed by atoms with E-state index in [1.165, 1.54) is 37.1 Å². The van der Waals surface area contributed by atoms with Gasteiger partial charge >= 0.3 is 0 Å². The van der Waals surface area contributed by atoms with Crippen molar-refractivity contribution in [1.82, 2.24) is 15.1 Å². The zero-order valence-electron chi connectivity index (χ0n) is 17.7. The quantitative estimate of drug-likeness (QED) is 0.648. The average molecular weight is 427 g/mol. The molecule has 0 bridgehead atoms. The third-order valence-corrected chi connectivity index (χ3v) is 7.37. The van der Waals surface area contributed by atoms with Crippen LogP contribution < -0.4 is 4.90 Å². The normalized spacial score (nSPS) is 17.9. The number of Topliss-reactive ketones (excluding diaryl/α,β-unsaturated/α-hetero) is 1. The van der Waals surface area contributed by atoms with Crippen molar-refractivity contribution in [2.75, 3.05) is 31.1 Å². The Morgan fingerprint density at radius 3 is 2.37 bits per heavy atom. The van der Waals surface area contributed by atoms with E-state index in [1.54, 1.807) is 11.3 Å². The molecule has 1 amide bonds. The van der Waals surface area contributed by atoms with Crippen LogP contribution in [0.5, 0.6) is 0 Å². The van der Waals surface area contributed by atoms with Crippen molar-refractivity contribution in [2.45, 2.75) is 57.8 Å². The summed E-state index contributed by atoms with van der Waals surface area (Å²) in [6.45, 7) is 4.90. The van der Waals surface area contributed by atoms with Gasteiger partial charge in [-0.15, -0.1) is 10.2 Å². The van der Waals surface area contributed by atoms with Crippen LogP contribution in [-0.2, 0) is 4.79 Å². The van der Waals surface area contributed by atoms with Gasteiger partial charge in [-0.1, -0.05) is 60.4 Å². The average Bonchev–Trinajstić information content (AvgIpc) is 3.29. The van der Waals surface area contributed by atoms with E-state index in [2.05, 4.69) is 15.1 Å². The smallest absolute Gasteiger partial charge is 0.223 e. The van der Waals surface area contributed by atoms with Gasteiger partial charge in [-0.3, -0.25) is 9.59 Å². The molecule has 1 aliphatic carbocycles. The summed E-state index contributed by atoms with van der Waals surface area (Å²) in [5, 5.41) is 11.1. The van der Waals surface area contributed by atoms with E-state index in [1.807, 2.05) is 36.1 Å². The van der Waals surface area contributed by atoms with E-state index in [4.69, 9.17) is 0 Å². The van der Waals surface area contributed by atoms with Gasteiger partial charge in [0, 0.05) is 50.5 Å². The predicted octanol–water partition coefficient (Wildman–Crippen LogP) is 4.21. The number of rotatable bonds is 6. The number of carbonyl (C=O) groups excluding carboxylic acids is 2. The third-order valence-electron chi connectivity index (χ3n) is 6.23. The Labute approximate surface area is 182 Å². The molecule has 0 radical (unpaired) electrons. The molecule has 2 aliphatic rings. The first-order valence-corrected chi connectivity index (χ1v) is 11.9. The minimum absolute atomic E-state index is 0.0334. The summed E-state index contributed by atoms with van der Waals surface area (Å²) in [4.78, 5) is 29.0. The lowest BCUT2D eigenvalue weighted by atomic mass is 9.90. The highest BCUT2D eigenvalue weighted by Gasteiger charge is 2.25. The standard InChI is InChI=1S/C23H30N4O2S/c1-17-7-9-18(10-8-17)20(28)11-12-21(29)26-13-15-27(16-14-26)23-25-24-22(30-23)19-5-3-2-4-6-19/h7-10,19H,2-6,11-16H2,1H3. The van der Waals surface area contributed by atoms with E-state index in [-0.39, 0.29) is 24.5 Å². The zero-order chi connectivity index (χ0) is 20.9. The Morgan fingerprint density at radius 2 is 1.67 bits per heavy atom. The predicted molar refractivity (Wildman–Crippen MR) is 119 cm³/mol. The van der Waals surface area contributed by atoms with Gasteiger partial charge in [0.1, 0.15) is 5.01 Å². The fourth-order valence-electron chi connectivity index (χ4n) is 4.28. The molecule has 1 aromatic heterocycles. The number of hydrogen-bond acceptors (Lipinski definition) is 6. The lowest BCUT2D eigenvalue weighted by Gasteiger charge is -2.34. The fourth-order valence-corrected chi connectivity index (χ4v) is 5.34. The van der Waals surface area contributed by atoms with Crippen LogP contribution in [-0.4, -0.2) is 53.0 Å². The maximum absolute atomic E-state index is 12.6. The molecular weight excluding hydrogens is 396 g/mol. The van der Waals surface area contributed by atoms with E-state index < -0.39 is 0 Å². The molecule has 0 atom stereocenters. The molecule has 1 saturated carbocycles. The van der Waals surface area contributed by atoms with Crippen LogP contribution in [0.3, 0.4) is 0 Å². The van der Waals surface area contributed by atoms with Crippen LogP contribution in [0.4, 0.5) is 5.13 Å².